The van der Waals surface area contributed by atoms with Crippen molar-refractivity contribution < 1.29 is 37.1 Å². The standard InChI is InChI=1S/C13H17F3N4O5/c1-4-18-8(21)13(9(22)19(5-2)11(18)23)20(6-3)10(17-25-13)24-7-12(14,15)16/h4-7H2,1-3H3. The van der Waals surface area contributed by atoms with E-state index in [0.29, 0.717) is 0 Å². The third kappa shape index (κ3) is 2.85. The molecule has 0 aromatic carbocycles. The maximum Gasteiger partial charge on any atom is 0.422 e. The number of hydrogen-bond acceptors (Lipinski definition) is 7. The predicted molar refractivity (Wildman–Crippen MR) is 75.8 cm³/mol. The number of carbonyl (C=O) groups is 3. The van der Waals surface area contributed by atoms with Gasteiger partial charge in [-0.15, -0.1) is 0 Å². The number of hydrogen-bond donors (Lipinski definition) is 0. The number of carbonyl (C=O) groups excluding carboxylic acids is 3. The van der Waals surface area contributed by atoms with Crippen LogP contribution in [0.15, 0.2) is 5.16 Å². The Bertz CT molecular complexity index is 595. The molecule has 2 aliphatic heterocycles. The zero-order valence-electron chi connectivity index (χ0n) is 13.8. The van der Waals surface area contributed by atoms with Crippen LogP contribution < -0.4 is 0 Å². The van der Waals surface area contributed by atoms with E-state index in [4.69, 9.17) is 4.84 Å². The van der Waals surface area contributed by atoms with Crippen molar-refractivity contribution in [3.63, 3.8) is 0 Å². The third-order valence-corrected chi connectivity index (χ3v) is 3.71. The topological polar surface area (TPSA) is 91.8 Å². The minimum Gasteiger partial charge on any atom is -0.453 e. The second-order valence-corrected chi connectivity index (χ2v) is 5.14. The van der Waals surface area contributed by atoms with Gasteiger partial charge in [-0.25, -0.2) is 4.79 Å². The number of imide groups is 2. The molecule has 140 valence electrons. The van der Waals surface area contributed by atoms with Crippen molar-refractivity contribution >= 4 is 23.9 Å². The van der Waals surface area contributed by atoms with Crippen LogP contribution in [0.5, 0.6) is 0 Å². The van der Waals surface area contributed by atoms with Gasteiger partial charge in [0.15, 0.2) is 6.61 Å². The fourth-order valence-electron chi connectivity index (χ4n) is 2.59. The summed E-state index contributed by atoms with van der Waals surface area (Å²) in [5, 5.41) is 3.35. The monoisotopic (exact) mass is 366 g/mol. The zero-order valence-corrected chi connectivity index (χ0v) is 13.8. The van der Waals surface area contributed by atoms with Gasteiger partial charge < -0.3 is 9.57 Å². The van der Waals surface area contributed by atoms with Gasteiger partial charge in [0.05, 0.1) is 0 Å². The van der Waals surface area contributed by atoms with Gasteiger partial charge in [-0.2, -0.15) is 13.2 Å². The number of halogens is 3. The summed E-state index contributed by atoms with van der Waals surface area (Å²) in [6, 6.07) is -1.47. The van der Waals surface area contributed by atoms with Crippen LogP contribution in [0.1, 0.15) is 20.8 Å². The van der Waals surface area contributed by atoms with E-state index in [1.54, 1.807) is 0 Å². The van der Waals surface area contributed by atoms with Crippen molar-refractivity contribution in [2.24, 2.45) is 5.16 Å². The van der Waals surface area contributed by atoms with E-state index >= 15 is 0 Å². The molecule has 2 aliphatic rings. The van der Waals surface area contributed by atoms with Gasteiger partial charge in [-0.1, -0.05) is 0 Å². The number of nitrogens with zero attached hydrogens (tertiary/aromatic N) is 4. The lowest BCUT2D eigenvalue weighted by atomic mass is 10.1. The molecule has 0 radical (unpaired) electrons. The Hall–Kier alpha value is -2.53. The molecule has 0 unspecified atom stereocenters. The summed E-state index contributed by atoms with van der Waals surface area (Å²) in [7, 11) is 0. The minimum atomic E-state index is -4.64. The van der Waals surface area contributed by atoms with Crippen molar-refractivity contribution in [1.82, 2.24) is 14.7 Å². The molecule has 2 rings (SSSR count). The van der Waals surface area contributed by atoms with Gasteiger partial charge in [-0.3, -0.25) is 24.3 Å². The first kappa shape index (κ1) is 18.8. The highest BCUT2D eigenvalue weighted by molar-refractivity contribution is 6.22. The summed E-state index contributed by atoms with van der Waals surface area (Å²) in [6.45, 7) is 2.62. The van der Waals surface area contributed by atoms with Crippen LogP contribution in [0.25, 0.3) is 0 Å². The molecule has 0 aliphatic carbocycles. The molecule has 0 saturated carbocycles. The van der Waals surface area contributed by atoms with Crippen LogP contribution in [0.4, 0.5) is 18.0 Å². The number of amides is 4. The van der Waals surface area contributed by atoms with E-state index < -0.39 is 42.4 Å². The highest BCUT2D eigenvalue weighted by Crippen LogP contribution is 2.34. The number of alkyl halides is 3. The van der Waals surface area contributed by atoms with Crippen LogP contribution >= 0.6 is 0 Å². The van der Waals surface area contributed by atoms with Gasteiger partial charge in [0.25, 0.3) is 0 Å². The van der Waals surface area contributed by atoms with Gasteiger partial charge in [0.2, 0.25) is 0 Å². The SMILES string of the molecule is CCN1C(=O)N(CC)C(=O)C2(ON=C(OCC(F)(F)F)N2CC)C1=O. The number of barbiturate groups is 1. The summed E-state index contributed by atoms with van der Waals surface area (Å²) >= 11 is 0. The maximum absolute atomic E-state index is 12.7. The largest absolute Gasteiger partial charge is 0.453 e. The van der Waals surface area contributed by atoms with Gasteiger partial charge in [-0.05, 0) is 25.9 Å². The Morgan fingerprint density at radius 3 is 1.96 bits per heavy atom. The van der Waals surface area contributed by atoms with Crippen molar-refractivity contribution in [3.8, 4) is 0 Å². The molecule has 12 heteroatoms. The van der Waals surface area contributed by atoms with Crippen molar-refractivity contribution in [2.75, 3.05) is 26.2 Å². The molecule has 0 bridgehead atoms. The number of rotatable bonds is 4. The first-order valence-electron chi connectivity index (χ1n) is 7.55. The molecule has 0 aromatic rings. The zero-order chi connectivity index (χ0) is 19.0. The van der Waals surface area contributed by atoms with Crippen LogP contribution in [-0.2, 0) is 19.2 Å². The lowest BCUT2D eigenvalue weighted by Gasteiger charge is -2.43. The Morgan fingerprint density at radius 1 is 1.04 bits per heavy atom. The van der Waals surface area contributed by atoms with E-state index in [1.807, 2.05) is 0 Å². The number of oxime groups is 1. The summed E-state index contributed by atoms with van der Waals surface area (Å²) in [6.07, 6.45) is -4.64. The minimum absolute atomic E-state index is 0.0527. The summed E-state index contributed by atoms with van der Waals surface area (Å²) in [4.78, 5) is 45.0. The number of urea groups is 1. The lowest BCUT2D eigenvalue weighted by Crippen LogP contribution is -2.74. The van der Waals surface area contributed by atoms with Crippen LogP contribution in [-0.4, -0.2) is 76.7 Å². The Kier molecular flexibility index (Phi) is 4.82. The molecular weight excluding hydrogens is 349 g/mol. The van der Waals surface area contributed by atoms with Crippen LogP contribution in [0.3, 0.4) is 0 Å². The van der Waals surface area contributed by atoms with Crippen molar-refractivity contribution in [3.05, 3.63) is 0 Å². The molecule has 0 atom stereocenters. The average molecular weight is 366 g/mol. The van der Waals surface area contributed by atoms with Crippen molar-refractivity contribution in [2.45, 2.75) is 32.7 Å². The van der Waals surface area contributed by atoms with E-state index in [2.05, 4.69) is 9.89 Å². The van der Waals surface area contributed by atoms with Gasteiger partial charge in [0.1, 0.15) is 0 Å². The molecule has 1 saturated heterocycles. The molecule has 9 nitrogen and oxygen atoms in total. The second kappa shape index (κ2) is 6.41. The fourth-order valence-corrected chi connectivity index (χ4v) is 2.59. The van der Waals surface area contributed by atoms with Crippen LogP contribution in [0, 0.1) is 0 Å². The molecule has 4 amide bonds. The first-order valence-corrected chi connectivity index (χ1v) is 7.55. The number of amidine groups is 1. The van der Waals surface area contributed by atoms with E-state index in [1.165, 1.54) is 20.8 Å². The quantitative estimate of drug-likeness (QED) is 0.681. The summed E-state index contributed by atoms with van der Waals surface area (Å²) in [5.41, 5.74) is -2.38. The Balaban J connectivity index is 2.39. The molecule has 25 heavy (non-hydrogen) atoms. The molecule has 1 fully saturated rings. The predicted octanol–water partition coefficient (Wildman–Crippen LogP) is 0.715. The fraction of sp³-hybridized carbons (Fsp3) is 0.692. The highest BCUT2D eigenvalue weighted by atomic mass is 19.4. The average Bonchev–Trinajstić information content (AvgIpc) is 2.91. The highest BCUT2D eigenvalue weighted by Gasteiger charge is 2.67. The normalized spacial score (nSPS) is 20.3. The van der Waals surface area contributed by atoms with Gasteiger partial charge in [0, 0.05) is 19.6 Å². The smallest absolute Gasteiger partial charge is 0.422 e. The first-order chi connectivity index (χ1) is 11.6. The summed E-state index contributed by atoms with van der Waals surface area (Å²) < 4.78 is 41.7. The number of ether oxygens (including phenoxy) is 1. The molecule has 0 N–H and O–H groups in total. The molecule has 2 heterocycles. The summed E-state index contributed by atoms with van der Waals surface area (Å²) in [5.74, 6) is -2.04. The van der Waals surface area contributed by atoms with E-state index in [-0.39, 0.29) is 19.6 Å². The van der Waals surface area contributed by atoms with Crippen molar-refractivity contribution in [1.29, 1.82) is 0 Å². The second-order valence-electron chi connectivity index (χ2n) is 5.14. The maximum atomic E-state index is 12.7. The number of likely N-dealkylation sites (N-methyl/N-ethyl adjacent to an activating group) is 3. The van der Waals surface area contributed by atoms with Gasteiger partial charge >= 0.3 is 35.8 Å². The third-order valence-electron chi connectivity index (χ3n) is 3.71. The van der Waals surface area contributed by atoms with E-state index in [9.17, 15) is 27.6 Å². The van der Waals surface area contributed by atoms with Crippen LogP contribution in [0.2, 0.25) is 0 Å². The molecular formula is C13H17F3N4O5. The molecule has 0 aromatic heterocycles. The Labute approximate surface area is 140 Å². The Morgan fingerprint density at radius 2 is 1.56 bits per heavy atom. The molecule has 1 spiro atoms. The lowest BCUT2D eigenvalue weighted by molar-refractivity contribution is -0.190. The van der Waals surface area contributed by atoms with E-state index in [0.717, 1.165) is 14.7 Å².